The number of carbonyl (C=O) groups is 2. The lowest BCUT2D eigenvalue weighted by Gasteiger charge is -2.19. The van der Waals surface area contributed by atoms with Gasteiger partial charge in [-0.3, -0.25) is 9.59 Å². The van der Waals surface area contributed by atoms with Gasteiger partial charge in [-0.15, -0.1) is 11.3 Å². The van der Waals surface area contributed by atoms with Gasteiger partial charge in [-0.1, -0.05) is 51.1 Å². The first-order valence-corrected chi connectivity index (χ1v) is 11.4. The largest absolute Gasteiger partial charge is 0.493 e. The van der Waals surface area contributed by atoms with E-state index >= 15 is 0 Å². The lowest BCUT2D eigenvalue weighted by molar-refractivity contribution is -0.115. The van der Waals surface area contributed by atoms with E-state index in [4.69, 9.17) is 15.2 Å². The molecular weight excluding hydrogens is 436 g/mol. The molecule has 174 valence electrons. The fourth-order valence-electron chi connectivity index (χ4n) is 3.70. The Morgan fingerprint density at radius 2 is 1.64 bits per heavy atom. The highest BCUT2D eigenvalue weighted by atomic mass is 32.1. The molecule has 2 aromatic carbocycles. The van der Waals surface area contributed by atoms with Gasteiger partial charge < -0.3 is 20.5 Å². The number of anilines is 1. The Morgan fingerprint density at radius 3 is 2.18 bits per heavy atom. The highest BCUT2D eigenvalue weighted by Gasteiger charge is 2.23. The van der Waals surface area contributed by atoms with Crippen molar-refractivity contribution in [3.05, 3.63) is 64.0 Å². The molecular formula is C26H30N2O4S. The van der Waals surface area contributed by atoms with Gasteiger partial charge >= 0.3 is 0 Å². The van der Waals surface area contributed by atoms with Gasteiger partial charge in [0.25, 0.3) is 5.91 Å². The van der Waals surface area contributed by atoms with Crippen LogP contribution in [0, 0.1) is 6.92 Å². The second-order valence-electron chi connectivity index (χ2n) is 8.84. The summed E-state index contributed by atoms with van der Waals surface area (Å²) in [5, 5.41) is 3.34. The predicted molar refractivity (Wildman–Crippen MR) is 134 cm³/mol. The summed E-state index contributed by atoms with van der Waals surface area (Å²) >= 11 is 1.35. The number of primary amides is 1. The Kier molecular flexibility index (Phi) is 7.12. The van der Waals surface area contributed by atoms with Crippen molar-refractivity contribution in [2.45, 2.75) is 39.5 Å². The molecule has 0 aliphatic carbocycles. The zero-order valence-corrected chi connectivity index (χ0v) is 20.7. The molecule has 0 spiro atoms. The van der Waals surface area contributed by atoms with Gasteiger partial charge in [0.1, 0.15) is 5.00 Å². The zero-order chi connectivity index (χ0) is 24.3. The predicted octanol–water partition coefficient (Wildman–Crippen LogP) is 5.32. The van der Waals surface area contributed by atoms with E-state index in [1.165, 1.54) is 16.9 Å². The summed E-state index contributed by atoms with van der Waals surface area (Å²) in [5.41, 5.74) is 9.72. The van der Waals surface area contributed by atoms with Gasteiger partial charge in [-0.05, 0) is 41.2 Å². The molecule has 0 radical (unpaired) electrons. The zero-order valence-electron chi connectivity index (χ0n) is 19.9. The van der Waals surface area contributed by atoms with Crippen LogP contribution in [0.2, 0.25) is 0 Å². The first-order valence-electron chi connectivity index (χ1n) is 10.6. The Bertz CT molecular complexity index is 1170. The van der Waals surface area contributed by atoms with Crippen LogP contribution in [0.1, 0.15) is 47.1 Å². The molecule has 1 aromatic heterocycles. The Hall–Kier alpha value is -3.32. The molecule has 3 rings (SSSR count). The van der Waals surface area contributed by atoms with Crippen LogP contribution in [-0.2, 0) is 16.6 Å². The minimum absolute atomic E-state index is 0.0258. The van der Waals surface area contributed by atoms with Crippen LogP contribution in [0.25, 0.3) is 11.1 Å². The van der Waals surface area contributed by atoms with E-state index in [2.05, 4.69) is 38.2 Å². The second kappa shape index (κ2) is 9.67. The van der Waals surface area contributed by atoms with Gasteiger partial charge in [-0.2, -0.15) is 0 Å². The molecule has 0 bridgehead atoms. The van der Waals surface area contributed by atoms with Crippen molar-refractivity contribution in [3.63, 3.8) is 0 Å². The molecule has 6 nitrogen and oxygen atoms in total. The van der Waals surface area contributed by atoms with Crippen molar-refractivity contribution in [2.75, 3.05) is 19.5 Å². The van der Waals surface area contributed by atoms with E-state index in [1.807, 2.05) is 19.1 Å². The van der Waals surface area contributed by atoms with Gasteiger partial charge in [-0.25, -0.2) is 0 Å². The summed E-state index contributed by atoms with van der Waals surface area (Å²) < 4.78 is 10.6. The normalized spacial score (nSPS) is 11.2. The average molecular weight is 467 g/mol. The monoisotopic (exact) mass is 466 g/mol. The van der Waals surface area contributed by atoms with Crippen LogP contribution in [0.3, 0.4) is 0 Å². The summed E-state index contributed by atoms with van der Waals surface area (Å²) in [6, 6.07) is 13.4. The fourth-order valence-corrected chi connectivity index (χ4v) is 4.80. The SMILES string of the molecule is COc1ccc(CC(=O)Nc2sc(C)c(-c3ccc(C(C)(C)C)cc3)c2C(N)=O)cc1OC. The van der Waals surface area contributed by atoms with Crippen LogP contribution in [0.5, 0.6) is 11.5 Å². The highest BCUT2D eigenvalue weighted by Crippen LogP contribution is 2.40. The highest BCUT2D eigenvalue weighted by molar-refractivity contribution is 7.17. The summed E-state index contributed by atoms with van der Waals surface area (Å²) in [5.74, 6) is 0.318. The fraction of sp³-hybridized carbons (Fsp3) is 0.308. The number of rotatable bonds is 7. The number of benzene rings is 2. The van der Waals surface area contributed by atoms with Crippen LogP contribution in [0.15, 0.2) is 42.5 Å². The molecule has 0 saturated carbocycles. The number of hydrogen-bond acceptors (Lipinski definition) is 5. The van der Waals surface area contributed by atoms with E-state index in [-0.39, 0.29) is 17.7 Å². The van der Waals surface area contributed by atoms with Crippen molar-refractivity contribution >= 4 is 28.2 Å². The number of nitrogens with one attached hydrogen (secondary N) is 1. The van der Waals surface area contributed by atoms with Crippen LogP contribution in [-0.4, -0.2) is 26.0 Å². The maximum Gasteiger partial charge on any atom is 0.252 e. The van der Waals surface area contributed by atoms with E-state index < -0.39 is 5.91 Å². The molecule has 7 heteroatoms. The third-order valence-corrected chi connectivity index (χ3v) is 6.46. The molecule has 0 fully saturated rings. The molecule has 0 atom stereocenters. The number of ether oxygens (including phenoxy) is 2. The summed E-state index contributed by atoms with van der Waals surface area (Å²) in [4.78, 5) is 26.1. The van der Waals surface area contributed by atoms with Crippen molar-refractivity contribution in [2.24, 2.45) is 5.73 Å². The van der Waals surface area contributed by atoms with E-state index in [9.17, 15) is 9.59 Å². The number of nitrogens with two attached hydrogens (primary N) is 1. The standard InChI is InChI=1S/C26H30N2O4S/c1-15-22(17-8-10-18(11-9-17)26(2,3)4)23(24(27)30)25(33-15)28-21(29)14-16-7-12-19(31-5)20(13-16)32-6/h7-13H,14H2,1-6H3,(H2,27,30)(H,28,29). The second-order valence-corrected chi connectivity index (χ2v) is 10.1. The molecule has 2 amide bonds. The smallest absolute Gasteiger partial charge is 0.252 e. The lowest BCUT2D eigenvalue weighted by Crippen LogP contribution is -2.18. The van der Waals surface area contributed by atoms with Crippen LogP contribution < -0.4 is 20.5 Å². The first kappa shape index (κ1) is 24.3. The van der Waals surface area contributed by atoms with Gasteiger partial charge in [0.05, 0.1) is 26.2 Å². The van der Waals surface area contributed by atoms with E-state index in [1.54, 1.807) is 32.4 Å². The maximum absolute atomic E-state index is 12.8. The number of thiophene rings is 1. The number of carbonyl (C=O) groups excluding carboxylic acids is 2. The maximum atomic E-state index is 12.8. The third kappa shape index (κ3) is 5.37. The average Bonchev–Trinajstić information content (AvgIpc) is 3.08. The van der Waals surface area contributed by atoms with Crippen molar-refractivity contribution in [1.82, 2.24) is 0 Å². The minimum Gasteiger partial charge on any atom is -0.493 e. The molecule has 0 unspecified atom stereocenters. The van der Waals surface area contributed by atoms with Crippen LogP contribution >= 0.6 is 11.3 Å². The Balaban J connectivity index is 1.89. The quantitative estimate of drug-likeness (QED) is 0.493. The molecule has 0 saturated heterocycles. The first-order chi connectivity index (χ1) is 15.5. The van der Waals surface area contributed by atoms with Gasteiger partial charge in [0.2, 0.25) is 5.91 Å². The summed E-state index contributed by atoms with van der Waals surface area (Å²) in [7, 11) is 3.10. The Labute approximate surface area is 198 Å². The van der Waals surface area contributed by atoms with Gasteiger partial charge in [0, 0.05) is 10.4 Å². The summed E-state index contributed by atoms with van der Waals surface area (Å²) in [6.07, 6.45) is 0.116. The number of aryl methyl sites for hydroxylation is 1. The molecule has 0 aliphatic heterocycles. The topological polar surface area (TPSA) is 90.6 Å². The van der Waals surface area contributed by atoms with E-state index in [0.717, 1.165) is 21.6 Å². The number of hydrogen-bond donors (Lipinski definition) is 2. The summed E-state index contributed by atoms with van der Waals surface area (Å²) in [6.45, 7) is 8.38. The van der Waals surface area contributed by atoms with Crippen molar-refractivity contribution in [1.29, 1.82) is 0 Å². The number of methoxy groups -OCH3 is 2. The van der Waals surface area contributed by atoms with Crippen LogP contribution in [0.4, 0.5) is 5.00 Å². The molecule has 3 aromatic rings. The van der Waals surface area contributed by atoms with Crippen molar-refractivity contribution < 1.29 is 19.1 Å². The van der Waals surface area contributed by atoms with Gasteiger partial charge in [0.15, 0.2) is 11.5 Å². The van der Waals surface area contributed by atoms with Crippen molar-refractivity contribution in [3.8, 4) is 22.6 Å². The molecule has 33 heavy (non-hydrogen) atoms. The Morgan fingerprint density at radius 1 is 1.00 bits per heavy atom. The lowest BCUT2D eigenvalue weighted by atomic mass is 9.86. The molecule has 1 heterocycles. The minimum atomic E-state index is -0.573. The van der Waals surface area contributed by atoms with E-state index in [0.29, 0.717) is 22.1 Å². The molecule has 3 N–H and O–H groups in total. The number of amides is 2. The third-order valence-electron chi connectivity index (χ3n) is 5.44. The molecule has 0 aliphatic rings.